The predicted molar refractivity (Wildman–Crippen MR) is 106 cm³/mol. The molecule has 0 bridgehead atoms. The molecule has 2 aromatic carbocycles. The zero-order valence-electron chi connectivity index (χ0n) is 15.2. The van der Waals surface area contributed by atoms with Crippen LogP contribution in [-0.4, -0.2) is 43.9 Å². The van der Waals surface area contributed by atoms with Crippen LogP contribution in [-0.2, 0) is 14.8 Å². The number of nitrogens with zero attached hydrogens (tertiary/aromatic N) is 2. The molecule has 1 saturated heterocycles. The Labute approximate surface area is 168 Å². The third kappa shape index (κ3) is 4.27. The van der Waals surface area contributed by atoms with Gasteiger partial charge in [0.05, 0.1) is 29.1 Å². The molecule has 3 rings (SSSR count). The molecule has 10 heteroatoms. The number of sulfonamides is 1. The highest BCUT2D eigenvalue weighted by molar-refractivity contribution is 7.89. The number of benzene rings is 2. The van der Waals surface area contributed by atoms with E-state index in [0.29, 0.717) is 18.2 Å². The lowest BCUT2D eigenvalue weighted by molar-refractivity contribution is -0.384. The molecule has 150 valence electrons. The van der Waals surface area contributed by atoms with Gasteiger partial charge < -0.3 is 10.1 Å². The third-order valence-corrected chi connectivity index (χ3v) is 6.76. The molecule has 1 aliphatic rings. The van der Waals surface area contributed by atoms with Crippen LogP contribution in [0.5, 0.6) is 0 Å². The van der Waals surface area contributed by atoms with Crippen molar-refractivity contribution >= 4 is 33.0 Å². The number of hydrogen-bond donors (Lipinski definition) is 1. The minimum atomic E-state index is -3.82. The molecule has 0 radical (unpaired) electrons. The van der Waals surface area contributed by atoms with Gasteiger partial charge in [-0.2, -0.15) is 4.31 Å². The maximum absolute atomic E-state index is 12.8. The van der Waals surface area contributed by atoms with Crippen molar-refractivity contribution in [3.05, 3.63) is 63.2 Å². The molecule has 0 spiro atoms. The van der Waals surface area contributed by atoms with Crippen molar-refractivity contribution < 1.29 is 18.1 Å². The molecule has 0 aliphatic carbocycles. The second-order valence-electron chi connectivity index (χ2n) is 6.34. The molecular formula is C18H20ClN3O5S. The Bertz CT molecular complexity index is 977. The van der Waals surface area contributed by atoms with Crippen molar-refractivity contribution in [2.24, 2.45) is 0 Å². The van der Waals surface area contributed by atoms with Crippen molar-refractivity contribution in [3.8, 4) is 0 Å². The molecule has 0 aromatic heterocycles. The van der Waals surface area contributed by atoms with Gasteiger partial charge in [0, 0.05) is 24.2 Å². The highest BCUT2D eigenvalue weighted by Gasteiger charge is 2.29. The van der Waals surface area contributed by atoms with Crippen LogP contribution in [0.4, 0.5) is 11.4 Å². The number of rotatable bonds is 6. The van der Waals surface area contributed by atoms with Crippen LogP contribution < -0.4 is 5.32 Å². The van der Waals surface area contributed by atoms with Crippen LogP contribution in [0, 0.1) is 10.1 Å². The number of nitrogens with one attached hydrogen (secondary N) is 1. The Morgan fingerprint density at radius 1 is 1.21 bits per heavy atom. The van der Waals surface area contributed by atoms with Crippen molar-refractivity contribution in [1.29, 1.82) is 0 Å². The van der Waals surface area contributed by atoms with E-state index in [0.717, 1.165) is 11.6 Å². The Morgan fingerprint density at radius 2 is 1.89 bits per heavy atom. The molecule has 1 N–H and O–H groups in total. The van der Waals surface area contributed by atoms with E-state index in [-0.39, 0.29) is 35.4 Å². The van der Waals surface area contributed by atoms with Crippen LogP contribution in [0.2, 0.25) is 5.02 Å². The molecule has 2 aromatic rings. The van der Waals surface area contributed by atoms with Gasteiger partial charge in [0.1, 0.15) is 5.69 Å². The average Bonchev–Trinajstić information content (AvgIpc) is 2.69. The lowest BCUT2D eigenvalue weighted by atomic mass is 10.1. The van der Waals surface area contributed by atoms with Crippen LogP contribution in [0.15, 0.2) is 47.4 Å². The van der Waals surface area contributed by atoms with Gasteiger partial charge in [-0.05, 0) is 30.7 Å². The summed E-state index contributed by atoms with van der Waals surface area (Å²) in [6.45, 7) is 2.87. The standard InChI is InChI=1S/C18H20ClN3O5S/c1-13(15-4-2-3-5-16(15)19)20-17-7-6-14(12-18(17)22(23)24)28(25,26)21-8-10-27-11-9-21/h2-7,12-13,20H,8-11H2,1H3/t13-/m0/s1. The summed E-state index contributed by atoms with van der Waals surface area (Å²) in [5.41, 5.74) is 0.690. The first-order chi connectivity index (χ1) is 13.3. The highest BCUT2D eigenvalue weighted by atomic mass is 35.5. The minimum Gasteiger partial charge on any atom is -0.379 e. The smallest absolute Gasteiger partial charge is 0.293 e. The van der Waals surface area contributed by atoms with Gasteiger partial charge in [0.25, 0.3) is 5.69 Å². The molecule has 8 nitrogen and oxygen atoms in total. The highest BCUT2D eigenvalue weighted by Crippen LogP contribution is 2.33. The Balaban J connectivity index is 1.91. The molecule has 0 unspecified atom stereocenters. The molecule has 28 heavy (non-hydrogen) atoms. The van der Waals surface area contributed by atoms with E-state index in [9.17, 15) is 18.5 Å². The first-order valence-corrected chi connectivity index (χ1v) is 10.5. The molecule has 1 aliphatic heterocycles. The van der Waals surface area contributed by atoms with Gasteiger partial charge in [0.15, 0.2) is 0 Å². The second-order valence-corrected chi connectivity index (χ2v) is 8.69. The summed E-state index contributed by atoms with van der Waals surface area (Å²) in [5, 5.41) is 15.2. The Kier molecular flexibility index (Phi) is 6.19. The minimum absolute atomic E-state index is 0.114. The van der Waals surface area contributed by atoms with E-state index < -0.39 is 14.9 Å². The maximum Gasteiger partial charge on any atom is 0.293 e. The van der Waals surface area contributed by atoms with Gasteiger partial charge >= 0.3 is 0 Å². The van der Waals surface area contributed by atoms with Crippen molar-refractivity contribution in [2.75, 3.05) is 31.6 Å². The fourth-order valence-electron chi connectivity index (χ4n) is 3.02. The fourth-order valence-corrected chi connectivity index (χ4v) is 4.75. The number of anilines is 1. The first kappa shape index (κ1) is 20.5. The summed E-state index contributed by atoms with van der Waals surface area (Å²) in [4.78, 5) is 10.9. The number of nitro groups is 1. The van der Waals surface area contributed by atoms with E-state index in [4.69, 9.17) is 16.3 Å². The predicted octanol–water partition coefficient (Wildman–Crippen LogP) is 3.44. The molecule has 0 amide bonds. The summed E-state index contributed by atoms with van der Waals surface area (Å²) in [6.07, 6.45) is 0. The lowest BCUT2D eigenvalue weighted by Crippen LogP contribution is -2.40. The summed E-state index contributed by atoms with van der Waals surface area (Å²) in [6, 6.07) is 10.8. The van der Waals surface area contributed by atoms with E-state index in [1.165, 1.54) is 16.4 Å². The number of hydrogen-bond acceptors (Lipinski definition) is 6. The number of nitro benzene ring substituents is 1. The summed E-state index contributed by atoms with van der Waals surface area (Å²) < 4.78 is 32.0. The van der Waals surface area contributed by atoms with Gasteiger partial charge in [0.2, 0.25) is 10.0 Å². The Hall–Kier alpha value is -2.20. The molecule has 1 atom stereocenters. The van der Waals surface area contributed by atoms with Crippen LogP contribution in [0.3, 0.4) is 0 Å². The van der Waals surface area contributed by atoms with Gasteiger partial charge in [-0.25, -0.2) is 8.42 Å². The fraction of sp³-hybridized carbons (Fsp3) is 0.333. The van der Waals surface area contributed by atoms with Gasteiger partial charge in [-0.1, -0.05) is 29.8 Å². The third-order valence-electron chi connectivity index (χ3n) is 4.52. The van der Waals surface area contributed by atoms with Crippen molar-refractivity contribution in [2.45, 2.75) is 17.9 Å². The first-order valence-electron chi connectivity index (χ1n) is 8.68. The van der Waals surface area contributed by atoms with Gasteiger partial charge in [-0.3, -0.25) is 10.1 Å². The number of ether oxygens (including phenoxy) is 1. The van der Waals surface area contributed by atoms with Crippen molar-refractivity contribution in [3.63, 3.8) is 0 Å². The molecular weight excluding hydrogens is 406 g/mol. The number of halogens is 1. The van der Waals surface area contributed by atoms with Gasteiger partial charge in [-0.15, -0.1) is 0 Å². The van der Waals surface area contributed by atoms with E-state index >= 15 is 0 Å². The molecule has 0 saturated carbocycles. The summed E-state index contributed by atoms with van der Waals surface area (Å²) >= 11 is 6.19. The number of morpholine rings is 1. The van der Waals surface area contributed by atoms with E-state index in [1.807, 2.05) is 19.1 Å². The summed E-state index contributed by atoms with van der Waals surface area (Å²) in [5.74, 6) is 0. The normalized spacial score (nSPS) is 16.5. The Morgan fingerprint density at radius 3 is 2.54 bits per heavy atom. The lowest BCUT2D eigenvalue weighted by Gasteiger charge is -2.26. The van der Waals surface area contributed by atoms with Crippen LogP contribution >= 0.6 is 11.6 Å². The van der Waals surface area contributed by atoms with Crippen molar-refractivity contribution in [1.82, 2.24) is 4.31 Å². The van der Waals surface area contributed by atoms with Crippen LogP contribution in [0.25, 0.3) is 0 Å². The quantitative estimate of drug-likeness (QED) is 0.561. The zero-order chi connectivity index (χ0) is 20.3. The van der Waals surface area contributed by atoms with E-state index in [2.05, 4.69) is 5.32 Å². The average molecular weight is 426 g/mol. The maximum atomic E-state index is 12.8. The topological polar surface area (TPSA) is 102 Å². The van der Waals surface area contributed by atoms with E-state index in [1.54, 1.807) is 12.1 Å². The largest absolute Gasteiger partial charge is 0.379 e. The van der Waals surface area contributed by atoms with Crippen LogP contribution in [0.1, 0.15) is 18.5 Å². The SMILES string of the molecule is C[C@H](Nc1ccc(S(=O)(=O)N2CCOCC2)cc1[N+](=O)[O-])c1ccccc1Cl. The second kappa shape index (κ2) is 8.44. The molecule has 1 heterocycles. The summed E-state index contributed by atoms with van der Waals surface area (Å²) in [7, 11) is -3.82. The molecule has 1 fully saturated rings. The zero-order valence-corrected chi connectivity index (χ0v) is 16.7. The monoisotopic (exact) mass is 425 g/mol.